The molecule has 0 aliphatic heterocycles. The largest absolute Gasteiger partial charge is 0.383 e. The van der Waals surface area contributed by atoms with Crippen LogP contribution in [0.3, 0.4) is 0 Å². The van der Waals surface area contributed by atoms with Gasteiger partial charge < -0.3 is 10.1 Å². The highest BCUT2D eigenvalue weighted by Crippen LogP contribution is 2.26. The molecule has 17 heavy (non-hydrogen) atoms. The molecule has 1 aromatic heterocycles. The minimum atomic E-state index is 0.691. The summed E-state index contributed by atoms with van der Waals surface area (Å²) in [7, 11) is 1.70. The maximum atomic E-state index is 5.04. The van der Waals surface area contributed by atoms with E-state index in [1.807, 2.05) is 19.1 Å². The lowest BCUT2D eigenvalue weighted by molar-refractivity contribution is 0.211. The molecule has 3 nitrogen and oxygen atoms in total. The summed E-state index contributed by atoms with van der Waals surface area (Å²) < 4.78 is 6.10. The fourth-order valence-corrected chi connectivity index (χ4v) is 2.13. The number of aryl methyl sites for hydroxylation is 1. The Balaban J connectivity index is 2.40. The molecule has 2 rings (SSSR count). The van der Waals surface area contributed by atoms with Crippen LogP contribution in [0.1, 0.15) is 5.69 Å². The summed E-state index contributed by atoms with van der Waals surface area (Å²) in [4.78, 5) is 4.51. The zero-order valence-electron chi connectivity index (χ0n) is 9.96. The minimum Gasteiger partial charge on any atom is -0.383 e. The SMILES string of the molecule is COCCNc1cc(C)nc2ccc(Br)cc12. The summed E-state index contributed by atoms with van der Waals surface area (Å²) in [5.41, 5.74) is 3.12. The molecule has 1 N–H and O–H groups in total. The average Bonchev–Trinajstić information content (AvgIpc) is 2.30. The van der Waals surface area contributed by atoms with Crippen LogP contribution in [0, 0.1) is 6.92 Å². The van der Waals surface area contributed by atoms with Crippen molar-refractivity contribution < 1.29 is 4.74 Å². The number of halogens is 1. The maximum Gasteiger partial charge on any atom is 0.0726 e. The van der Waals surface area contributed by atoms with Crippen LogP contribution < -0.4 is 5.32 Å². The minimum absolute atomic E-state index is 0.691. The van der Waals surface area contributed by atoms with Crippen molar-refractivity contribution >= 4 is 32.5 Å². The van der Waals surface area contributed by atoms with Crippen LogP contribution in [0.4, 0.5) is 5.69 Å². The van der Waals surface area contributed by atoms with Crippen molar-refractivity contribution in [2.24, 2.45) is 0 Å². The molecular weight excluding hydrogens is 280 g/mol. The molecule has 0 amide bonds. The number of hydrogen-bond donors (Lipinski definition) is 1. The van der Waals surface area contributed by atoms with Crippen LogP contribution in [0.2, 0.25) is 0 Å². The first-order valence-electron chi connectivity index (χ1n) is 5.50. The van der Waals surface area contributed by atoms with Crippen LogP contribution in [0.25, 0.3) is 10.9 Å². The number of rotatable bonds is 4. The van der Waals surface area contributed by atoms with E-state index in [1.165, 1.54) is 0 Å². The Labute approximate surface area is 109 Å². The van der Waals surface area contributed by atoms with E-state index in [-0.39, 0.29) is 0 Å². The second-order valence-electron chi connectivity index (χ2n) is 3.89. The van der Waals surface area contributed by atoms with Crippen LogP contribution in [-0.2, 0) is 4.74 Å². The lowest BCUT2D eigenvalue weighted by Gasteiger charge is -2.10. The highest BCUT2D eigenvalue weighted by Gasteiger charge is 2.04. The fourth-order valence-electron chi connectivity index (χ4n) is 1.76. The van der Waals surface area contributed by atoms with Crippen molar-refractivity contribution in [1.29, 1.82) is 0 Å². The standard InChI is InChI=1S/C13H15BrN2O/c1-9-7-13(15-5-6-17-2)11-8-10(14)3-4-12(11)16-9/h3-4,7-8H,5-6H2,1-2H3,(H,15,16). The number of nitrogens with one attached hydrogen (secondary N) is 1. The van der Waals surface area contributed by atoms with E-state index >= 15 is 0 Å². The number of nitrogens with zero attached hydrogens (tertiary/aromatic N) is 1. The molecule has 0 atom stereocenters. The first-order chi connectivity index (χ1) is 8.20. The highest BCUT2D eigenvalue weighted by molar-refractivity contribution is 9.10. The van der Waals surface area contributed by atoms with Crippen molar-refractivity contribution in [3.63, 3.8) is 0 Å². The molecule has 90 valence electrons. The first-order valence-corrected chi connectivity index (χ1v) is 6.30. The van der Waals surface area contributed by atoms with Gasteiger partial charge in [0.05, 0.1) is 12.1 Å². The van der Waals surface area contributed by atoms with E-state index in [1.54, 1.807) is 7.11 Å². The monoisotopic (exact) mass is 294 g/mol. The third-order valence-electron chi connectivity index (χ3n) is 2.52. The lowest BCUT2D eigenvalue weighted by Crippen LogP contribution is -2.08. The van der Waals surface area contributed by atoms with E-state index in [9.17, 15) is 0 Å². The van der Waals surface area contributed by atoms with Gasteiger partial charge in [-0.2, -0.15) is 0 Å². The number of aromatic nitrogens is 1. The Bertz CT molecular complexity index is 528. The van der Waals surface area contributed by atoms with Gasteiger partial charge in [0.15, 0.2) is 0 Å². The van der Waals surface area contributed by atoms with Gasteiger partial charge in [-0.1, -0.05) is 15.9 Å². The Morgan fingerprint density at radius 3 is 2.94 bits per heavy atom. The molecule has 0 aliphatic rings. The Morgan fingerprint density at radius 2 is 2.18 bits per heavy atom. The second kappa shape index (κ2) is 5.47. The summed E-state index contributed by atoms with van der Waals surface area (Å²) in [5.74, 6) is 0. The first kappa shape index (κ1) is 12.3. The quantitative estimate of drug-likeness (QED) is 0.878. The Hall–Kier alpha value is -1.13. The van der Waals surface area contributed by atoms with Crippen LogP contribution in [0.15, 0.2) is 28.7 Å². The molecule has 1 aromatic carbocycles. The molecule has 4 heteroatoms. The smallest absolute Gasteiger partial charge is 0.0726 e. The van der Waals surface area contributed by atoms with Crippen molar-refractivity contribution in [2.75, 3.05) is 25.6 Å². The van der Waals surface area contributed by atoms with Gasteiger partial charge in [0.2, 0.25) is 0 Å². The number of hydrogen-bond acceptors (Lipinski definition) is 3. The molecule has 0 saturated carbocycles. The normalized spacial score (nSPS) is 10.8. The van der Waals surface area contributed by atoms with Crippen molar-refractivity contribution in [2.45, 2.75) is 6.92 Å². The van der Waals surface area contributed by atoms with E-state index in [2.05, 4.69) is 38.4 Å². The van der Waals surface area contributed by atoms with Gasteiger partial charge in [-0.15, -0.1) is 0 Å². The molecule has 0 bridgehead atoms. The number of methoxy groups -OCH3 is 1. The summed E-state index contributed by atoms with van der Waals surface area (Å²) in [6, 6.07) is 8.17. The molecule has 2 aromatic rings. The average molecular weight is 295 g/mol. The van der Waals surface area contributed by atoms with Crippen molar-refractivity contribution in [3.8, 4) is 0 Å². The zero-order valence-corrected chi connectivity index (χ0v) is 11.5. The summed E-state index contributed by atoms with van der Waals surface area (Å²) in [6.07, 6.45) is 0. The molecule has 0 radical (unpaired) electrons. The Kier molecular flexibility index (Phi) is 3.97. The predicted octanol–water partition coefficient (Wildman–Crippen LogP) is 3.36. The van der Waals surface area contributed by atoms with Gasteiger partial charge in [-0.3, -0.25) is 4.98 Å². The van der Waals surface area contributed by atoms with Crippen molar-refractivity contribution in [1.82, 2.24) is 4.98 Å². The van der Waals surface area contributed by atoms with Crippen LogP contribution in [0.5, 0.6) is 0 Å². The molecule has 0 fully saturated rings. The van der Waals surface area contributed by atoms with Gasteiger partial charge in [0, 0.05) is 34.9 Å². The molecule has 0 spiro atoms. The van der Waals surface area contributed by atoms with E-state index < -0.39 is 0 Å². The molecular formula is C13H15BrN2O. The third-order valence-corrected chi connectivity index (χ3v) is 3.01. The van der Waals surface area contributed by atoms with Gasteiger partial charge in [0.1, 0.15) is 0 Å². The number of pyridine rings is 1. The van der Waals surface area contributed by atoms with E-state index in [0.717, 1.165) is 33.3 Å². The van der Waals surface area contributed by atoms with Gasteiger partial charge in [0.25, 0.3) is 0 Å². The lowest BCUT2D eigenvalue weighted by atomic mass is 10.1. The summed E-state index contributed by atoms with van der Waals surface area (Å²) in [5, 5.41) is 4.50. The number of ether oxygens (including phenoxy) is 1. The molecule has 0 unspecified atom stereocenters. The predicted molar refractivity (Wildman–Crippen MR) is 74.5 cm³/mol. The zero-order chi connectivity index (χ0) is 12.3. The van der Waals surface area contributed by atoms with E-state index in [4.69, 9.17) is 4.74 Å². The van der Waals surface area contributed by atoms with E-state index in [0.29, 0.717) is 6.61 Å². The summed E-state index contributed by atoms with van der Waals surface area (Å²) >= 11 is 3.49. The molecule has 0 aliphatic carbocycles. The maximum absolute atomic E-state index is 5.04. The number of anilines is 1. The van der Waals surface area contributed by atoms with Crippen LogP contribution in [-0.4, -0.2) is 25.2 Å². The molecule has 1 heterocycles. The number of benzene rings is 1. The van der Waals surface area contributed by atoms with Crippen LogP contribution >= 0.6 is 15.9 Å². The molecule has 0 saturated heterocycles. The number of fused-ring (bicyclic) bond motifs is 1. The van der Waals surface area contributed by atoms with Crippen molar-refractivity contribution in [3.05, 3.63) is 34.4 Å². The Morgan fingerprint density at radius 1 is 1.35 bits per heavy atom. The highest BCUT2D eigenvalue weighted by atomic mass is 79.9. The third kappa shape index (κ3) is 2.96. The summed E-state index contributed by atoms with van der Waals surface area (Å²) in [6.45, 7) is 3.49. The van der Waals surface area contributed by atoms with Gasteiger partial charge in [-0.25, -0.2) is 0 Å². The fraction of sp³-hybridized carbons (Fsp3) is 0.308. The topological polar surface area (TPSA) is 34.1 Å². The van der Waals surface area contributed by atoms with Gasteiger partial charge >= 0.3 is 0 Å². The van der Waals surface area contributed by atoms with Gasteiger partial charge in [-0.05, 0) is 31.2 Å². The second-order valence-corrected chi connectivity index (χ2v) is 4.81.